The number of hydrogen-bond donors (Lipinski definition) is 2. The van der Waals surface area contributed by atoms with Crippen molar-refractivity contribution in [2.45, 2.75) is 38.1 Å². The fraction of sp³-hybridized carbons (Fsp3) is 0.389. The molecule has 0 unspecified atom stereocenters. The second-order valence-corrected chi connectivity index (χ2v) is 6.06. The topological polar surface area (TPSA) is 66.9 Å². The van der Waals surface area contributed by atoms with E-state index in [1.165, 1.54) is 25.0 Å². The molecule has 0 spiro atoms. The second kappa shape index (κ2) is 7.86. The average Bonchev–Trinajstić information content (AvgIpc) is 3.10. The van der Waals surface area contributed by atoms with Crippen LogP contribution >= 0.6 is 0 Å². The van der Waals surface area contributed by atoms with Crippen LogP contribution in [-0.2, 0) is 6.42 Å². The number of benzene rings is 1. The molecule has 3 rings (SSSR count). The Bertz CT molecular complexity index is 666. The van der Waals surface area contributed by atoms with E-state index in [9.17, 15) is 9.18 Å². The maximum atomic E-state index is 12.8. The lowest BCUT2D eigenvalue weighted by molar-refractivity contribution is 0.0932. The maximum absolute atomic E-state index is 12.8. The van der Waals surface area contributed by atoms with Crippen molar-refractivity contribution in [2.75, 3.05) is 11.9 Å². The van der Waals surface area contributed by atoms with Crippen LogP contribution in [0.5, 0.6) is 0 Å². The zero-order valence-corrected chi connectivity index (χ0v) is 13.5. The van der Waals surface area contributed by atoms with E-state index >= 15 is 0 Å². The molecule has 5 nitrogen and oxygen atoms in total. The molecule has 0 bridgehead atoms. The molecule has 24 heavy (non-hydrogen) atoms. The molecule has 6 heteroatoms. The summed E-state index contributed by atoms with van der Waals surface area (Å²) in [5.74, 6) is 0.228. The predicted octanol–water partition coefficient (Wildman–Crippen LogP) is 2.94. The van der Waals surface area contributed by atoms with Crippen LogP contribution in [-0.4, -0.2) is 28.7 Å². The van der Waals surface area contributed by atoms with Crippen LogP contribution in [0.15, 0.2) is 36.4 Å². The molecule has 0 radical (unpaired) electrons. The maximum Gasteiger partial charge on any atom is 0.272 e. The molecule has 2 N–H and O–H groups in total. The van der Waals surface area contributed by atoms with Gasteiger partial charge < -0.3 is 10.6 Å². The minimum atomic E-state index is -0.232. The summed E-state index contributed by atoms with van der Waals surface area (Å²) in [4.78, 5) is 12.1. The number of nitrogens with one attached hydrogen (secondary N) is 2. The Morgan fingerprint density at radius 1 is 1.08 bits per heavy atom. The van der Waals surface area contributed by atoms with E-state index in [1.807, 2.05) is 0 Å². The van der Waals surface area contributed by atoms with Gasteiger partial charge in [0.05, 0.1) is 0 Å². The second-order valence-electron chi connectivity index (χ2n) is 6.06. The van der Waals surface area contributed by atoms with Crippen LogP contribution in [0.3, 0.4) is 0 Å². The molecule has 1 aliphatic carbocycles. The van der Waals surface area contributed by atoms with Gasteiger partial charge in [-0.1, -0.05) is 25.0 Å². The molecule has 1 aromatic heterocycles. The molecule has 1 aromatic carbocycles. The quantitative estimate of drug-likeness (QED) is 0.855. The Morgan fingerprint density at radius 3 is 2.50 bits per heavy atom. The van der Waals surface area contributed by atoms with Gasteiger partial charge in [-0.2, -0.15) is 0 Å². The van der Waals surface area contributed by atoms with Gasteiger partial charge in [0, 0.05) is 12.6 Å². The van der Waals surface area contributed by atoms with Crippen molar-refractivity contribution in [3.63, 3.8) is 0 Å². The van der Waals surface area contributed by atoms with Crippen LogP contribution in [0.25, 0.3) is 0 Å². The monoisotopic (exact) mass is 328 g/mol. The van der Waals surface area contributed by atoms with Gasteiger partial charge in [-0.05, 0) is 49.1 Å². The van der Waals surface area contributed by atoms with Crippen molar-refractivity contribution < 1.29 is 9.18 Å². The van der Waals surface area contributed by atoms with E-state index in [4.69, 9.17) is 0 Å². The van der Waals surface area contributed by atoms with Gasteiger partial charge in [0.2, 0.25) is 0 Å². The first kappa shape index (κ1) is 16.4. The number of rotatable bonds is 6. The van der Waals surface area contributed by atoms with Gasteiger partial charge in [0.25, 0.3) is 5.91 Å². The van der Waals surface area contributed by atoms with E-state index in [-0.39, 0.29) is 17.8 Å². The van der Waals surface area contributed by atoms with Crippen molar-refractivity contribution in [3.05, 3.63) is 53.5 Å². The van der Waals surface area contributed by atoms with Gasteiger partial charge in [-0.15, -0.1) is 10.2 Å². The average molecular weight is 328 g/mol. The highest BCUT2D eigenvalue weighted by atomic mass is 19.1. The summed E-state index contributed by atoms with van der Waals surface area (Å²) in [6.07, 6.45) is 5.19. The fourth-order valence-corrected chi connectivity index (χ4v) is 2.86. The van der Waals surface area contributed by atoms with Crippen molar-refractivity contribution in [1.29, 1.82) is 0 Å². The van der Waals surface area contributed by atoms with Gasteiger partial charge in [0.15, 0.2) is 5.69 Å². The van der Waals surface area contributed by atoms with Crippen LogP contribution in [0, 0.1) is 5.82 Å². The highest BCUT2D eigenvalue weighted by Crippen LogP contribution is 2.18. The highest BCUT2D eigenvalue weighted by molar-refractivity contribution is 5.92. The first-order valence-corrected chi connectivity index (χ1v) is 8.33. The minimum absolute atomic E-state index is 0.160. The van der Waals surface area contributed by atoms with Gasteiger partial charge >= 0.3 is 0 Å². The first-order chi connectivity index (χ1) is 11.7. The predicted molar refractivity (Wildman–Crippen MR) is 90.3 cm³/mol. The zero-order valence-electron chi connectivity index (χ0n) is 13.5. The molecule has 0 aliphatic heterocycles. The third kappa shape index (κ3) is 4.50. The number of anilines is 1. The van der Waals surface area contributed by atoms with E-state index < -0.39 is 0 Å². The van der Waals surface area contributed by atoms with Crippen molar-refractivity contribution in [2.24, 2.45) is 0 Å². The number of carbonyl (C=O) groups is 1. The van der Waals surface area contributed by atoms with Gasteiger partial charge in [-0.3, -0.25) is 4.79 Å². The number of nitrogens with zero attached hydrogens (tertiary/aromatic N) is 2. The van der Waals surface area contributed by atoms with Crippen molar-refractivity contribution >= 4 is 11.7 Å². The number of aromatic nitrogens is 2. The molecule has 2 aromatic rings. The van der Waals surface area contributed by atoms with Crippen molar-refractivity contribution in [3.8, 4) is 0 Å². The zero-order chi connectivity index (χ0) is 16.8. The Balaban J connectivity index is 1.47. The summed E-state index contributed by atoms with van der Waals surface area (Å²) in [5.41, 5.74) is 1.38. The van der Waals surface area contributed by atoms with Gasteiger partial charge in [0.1, 0.15) is 11.6 Å². The normalized spacial score (nSPS) is 14.5. The summed E-state index contributed by atoms with van der Waals surface area (Å²) >= 11 is 0. The smallest absolute Gasteiger partial charge is 0.272 e. The van der Waals surface area contributed by atoms with Crippen LogP contribution in [0.2, 0.25) is 0 Å². The Hall–Kier alpha value is -2.50. The van der Waals surface area contributed by atoms with Crippen LogP contribution in [0.4, 0.5) is 10.2 Å². The molecule has 1 aliphatic rings. The SMILES string of the molecule is O=C(NC1CCCC1)c1ccc(NCCc2ccc(F)cc2)nn1. The van der Waals surface area contributed by atoms with E-state index in [0.717, 1.165) is 24.8 Å². The molecule has 0 saturated heterocycles. The molecule has 1 heterocycles. The molecule has 1 fully saturated rings. The number of amides is 1. The van der Waals surface area contributed by atoms with Crippen LogP contribution < -0.4 is 10.6 Å². The lowest BCUT2D eigenvalue weighted by Crippen LogP contribution is -2.33. The summed E-state index contributed by atoms with van der Waals surface area (Å²) in [7, 11) is 0. The Labute approximate surface area is 140 Å². The first-order valence-electron chi connectivity index (χ1n) is 8.33. The molecular weight excluding hydrogens is 307 g/mol. The summed E-state index contributed by atoms with van der Waals surface area (Å²) < 4.78 is 12.8. The lowest BCUT2D eigenvalue weighted by atomic mass is 10.1. The number of halogens is 1. The fourth-order valence-electron chi connectivity index (χ4n) is 2.86. The Kier molecular flexibility index (Phi) is 5.36. The summed E-state index contributed by atoms with van der Waals surface area (Å²) in [6.45, 7) is 0.661. The number of carbonyl (C=O) groups excluding carboxylic acids is 1. The molecular formula is C18H21FN4O. The van der Waals surface area contributed by atoms with E-state index in [0.29, 0.717) is 18.1 Å². The summed E-state index contributed by atoms with van der Waals surface area (Å²) in [5, 5.41) is 14.2. The van der Waals surface area contributed by atoms with E-state index in [1.54, 1.807) is 24.3 Å². The van der Waals surface area contributed by atoms with Gasteiger partial charge in [-0.25, -0.2) is 4.39 Å². The molecule has 126 valence electrons. The molecule has 1 amide bonds. The largest absolute Gasteiger partial charge is 0.368 e. The molecule has 1 saturated carbocycles. The standard InChI is InChI=1S/C18H21FN4O/c19-14-7-5-13(6-8-14)11-12-20-17-10-9-16(22-23-17)18(24)21-15-3-1-2-4-15/h5-10,15H,1-4,11-12H2,(H,20,23)(H,21,24). The van der Waals surface area contributed by atoms with Crippen molar-refractivity contribution in [1.82, 2.24) is 15.5 Å². The molecule has 0 atom stereocenters. The third-order valence-electron chi connectivity index (χ3n) is 4.22. The summed E-state index contributed by atoms with van der Waals surface area (Å²) in [6, 6.07) is 10.1. The lowest BCUT2D eigenvalue weighted by Gasteiger charge is -2.11. The highest BCUT2D eigenvalue weighted by Gasteiger charge is 2.18. The third-order valence-corrected chi connectivity index (χ3v) is 4.22. The van der Waals surface area contributed by atoms with E-state index in [2.05, 4.69) is 20.8 Å². The number of hydrogen-bond acceptors (Lipinski definition) is 4. The van der Waals surface area contributed by atoms with Crippen LogP contribution in [0.1, 0.15) is 41.7 Å². The Morgan fingerprint density at radius 2 is 1.83 bits per heavy atom. The minimum Gasteiger partial charge on any atom is -0.368 e.